The van der Waals surface area contributed by atoms with E-state index in [0.717, 1.165) is 36.3 Å². The summed E-state index contributed by atoms with van der Waals surface area (Å²) in [4.78, 5) is 13.2. The van der Waals surface area contributed by atoms with Crippen molar-refractivity contribution in [3.63, 3.8) is 0 Å². The van der Waals surface area contributed by atoms with E-state index in [0.29, 0.717) is 35.2 Å². The summed E-state index contributed by atoms with van der Waals surface area (Å²) in [6.45, 7) is 2.91. The molecule has 1 aliphatic heterocycles. The summed E-state index contributed by atoms with van der Waals surface area (Å²) in [5, 5.41) is 5.66. The molecule has 0 bridgehead atoms. The summed E-state index contributed by atoms with van der Waals surface area (Å²) in [6.07, 6.45) is 2.44. The van der Waals surface area contributed by atoms with Gasteiger partial charge in [-0.2, -0.15) is 4.98 Å². The molecule has 0 saturated carbocycles. The fourth-order valence-electron chi connectivity index (χ4n) is 3.85. The summed E-state index contributed by atoms with van der Waals surface area (Å²) in [6, 6.07) is 14.3. The Morgan fingerprint density at radius 1 is 1.03 bits per heavy atom. The zero-order valence-corrected chi connectivity index (χ0v) is 16.9. The van der Waals surface area contributed by atoms with Crippen LogP contribution < -0.4 is 4.90 Å². The highest BCUT2D eigenvalue weighted by Gasteiger charge is 2.25. The lowest BCUT2D eigenvalue weighted by atomic mass is 10.1. The molecule has 1 fully saturated rings. The number of nitrogens with zero attached hydrogens (tertiary/aromatic N) is 5. The van der Waals surface area contributed by atoms with Crippen molar-refractivity contribution in [2.45, 2.75) is 13.0 Å². The van der Waals surface area contributed by atoms with E-state index in [1.807, 2.05) is 36.4 Å². The Bertz CT molecular complexity index is 1180. The van der Waals surface area contributed by atoms with Gasteiger partial charge in [-0.15, -0.1) is 0 Å². The molecular formula is C22H19ClFN5O. The van der Waals surface area contributed by atoms with Gasteiger partial charge >= 0.3 is 0 Å². The first-order chi connectivity index (χ1) is 14.7. The number of aromatic nitrogens is 3. The highest BCUT2D eigenvalue weighted by atomic mass is 35.5. The molecule has 0 aliphatic carbocycles. The third-order valence-electron chi connectivity index (χ3n) is 5.29. The highest BCUT2D eigenvalue weighted by Crippen LogP contribution is 2.34. The van der Waals surface area contributed by atoms with Crippen LogP contribution in [0.2, 0.25) is 5.02 Å². The Balaban J connectivity index is 1.47. The van der Waals surface area contributed by atoms with Gasteiger partial charge in [0, 0.05) is 35.8 Å². The highest BCUT2D eigenvalue weighted by molar-refractivity contribution is 6.30. The van der Waals surface area contributed by atoms with Gasteiger partial charge in [-0.25, -0.2) is 9.37 Å². The Morgan fingerprint density at radius 2 is 1.87 bits per heavy atom. The van der Waals surface area contributed by atoms with Crippen LogP contribution >= 0.6 is 11.6 Å². The summed E-state index contributed by atoms with van der Waals surface area (Å²) in [7, 11) is 0. The third-order valence-corrected chi connectivity index (χ3v) is 5.55. The van der Waals surface area contributed by atoms with Crippen LogP contribution in [0.1, 0.15) is 12.0 Å². The molecule has 6 nitrogen and oxygen atoms in total. The molecule has 1 aliphatic rings. The van der Waals surface area contributed by atoms with E-state index in [4.69, 9.17) is 16.1 Å². The molecular weight excluding hydrogens is 405 g/mol. The lowest BCUT2D eigenvalue weighted by molar-refractivity contribution is 0.229. The maximum Gasteiger partial charge on any atom is 0.263 e. The van der Waals surface area contributed by atoms with Crippen molar-refractivity contribution in [3.8, 4) is 11.3 Å². The van der Waals surface area contributed by atoms with Gasteiger partial charge in [-0.05, 0) is 24.6 Å². The maximum atomic E-state index is 14.1. The average molecular weight is 424 g/mol. The van der Waals surface area contributed by atoms with E-state index < -0.39 is 0 Å². The smallest absolute Gasteiger partial charge is 0.263 e. The minimum Gasteiger partial charge on any atom is -0.343 e. The van der Waals surface area contributed by atoms with Crippen molar-refractivity contribution in [2.24, 2.45) is 0 Å². The van der Waals surface area contributed by atoms with Crippen molar-refractivity contribution in [1.82, 2.24) is 20.0 Å². The Morgan fingerprint density at radius 3 is 2.70 bits per heavy atom. The number of hydrogen-bond acceptors (Lipinski definition) is 6. The molecule has 1 saturated heterocycles. The first-order valence-electron chi connectivity index (χ1n) is 9.76. The minimum atomic E-state index is -0.178. The third kappa shape index (κ3) is 3.62. The number of fused-ring (bicyclic) bond motifs is 1. The summed E-state index contributed by atoms with van der Waals surface area (Å²) in [5.74, 6) is 0.590. The monoisotopic (exact) mass is 423 g/mol. The van der Waals surface area contributed by atoms with E-state index in [1.54, 1.807) is 6.07 Å². The van der Waals surface area contributed by atoms with Crippen LogP contribution in [0.4, 0.5) is 10.2 Å². The molecule has 0 unspecified atom stereocenters. The largest absolute Gasteiger partial charge is 0.343 e. The molecule has 30 heavy (non-hydrogen) atoms. The summed E-state index contributed by atoms with van der Waals surface area (Å²) >= 11 is 6.03. The minimum absolute atomic E-state index is 0.178. The van der Waals surface area contributed by atoms with E-state index in [1.165, 1.54) is 12.4 Å². The second-order valence-corrected chi connectivity index (χ2v) is 7.75. The van der Waals surface area contributed by atoms with Crippen molar-refractivity contribution in [1.29, 1.82) is 0 Å². The molecule has 152 valence electrons. The second-order valence-electron chi connectivity index (χ2n) is 7.32. The number of halogens is 2. The van der Waals surface area contributed by atoms with Gasteiger partial charge in [0.2, 0.25) is 0 Å². The van der Waals surface area contributed by atoms with Gasteiger partial charge in [0.1, 0.15) is 29.0 Å². The Kier molecular flexibility index (Phi) is 5.06. The van der Waals surface area contributed by atoms with Crippen LogP contribution in [0.15, 0.2) is 59.4 Å². The number of rotatable bonds is 4. The molecule has 5 rings (SSSR count). The van der Waals surface area contributed by atoms with Gasteiger partial charge < -0.3 is 9.42 Å². The van der Waals surface area contributed by atoms with E-state index in [2.05, 4.69) is 24.9 Å². The van der Waals surface area contributed by atoms with Crippen LogP contribution in [-0.4, -0.2) is 39.8 Å². The molecule has 0 atom stereocenters. The number of anilines is 1. The average Bonchev–Trinajstić information content (AvgIpc) is 3.20. The van der Waals surface area contributed by atoms with Crippen LogP contribution in [0.3, 0.4) is 0 Å². The Hall–Kier alpha value is -3.03. The molecule has 4 aromatic rings. The molecule has 2 aromatic carbocycles. The van der Waals surface area contributed by atoms with Crippen LogP contribution in [0.25, 0.3) is 22.4 Å². The van der Waals surface area contributed by atoms with Gasteiger partial charge in [0.15, 0.2) is 0 Å². The van der Waals surface area contributed by atoms with Crippen molar-refractivity contribution < 1.29 is 8.91 Å². The zero-order chi connectivity index (χ0) is 20.5. The first-order valence-corrected chi connectivity index (χ1v) is 10.1. The lowest BCUT2D eigenvalue weighted by Crippen LogP contribution is -2.45. The van der Waals surface area contributed by atoms with Crippen molar-refractivity contribution in [2.75, 3.05) is 24.7 Å². The molecule has 0 N–H and O–H groups in total. The van der Waals surface area contributed by atoms with Crippen molar-refractivity contribution in [3.05, 3.63) is 71.3 Å². The van der Waals surface area contributed by atoms with E-state index >= 15 is 0 Å². The van der Waals surface area contributed by atoms with Crippen LogP contribution in [0, 0.1) is 5.82 Å². The SMILES string of the molecule is Fc1ccccc1CN1CCCN(c2ncnc3onc(-c4ccc(Cl)cc4)c23)C1. The van der Waals surface area contributed by atoms with E-state index in [9.17, 15) is 4.39 Å². The summed E-state index contributed by atoms with van der Waals surface area (Å²) < 4.78 is 19.6. The zero-order valence-electron chi connectivity index (χ0n) is 16.1. The fourth-order valence-corrected chi connectivity index (χ4v) is 3.98. The molecule has 2 aromatic heterocycles. The predicted molar refractivity (Wildman–Crippen MR) is 114 cm³/mol. The van der Waals surface area contributed by atoms with Gasteiger partial charge in [-0.1, -0.05) is 47.1 Å². The van der Waals surface area contributed by atoms with Gasteiger partial charge in [0.25, 0.3) is 5.71 Å². The first kappa shape index (κ1) is 19.0. The molecule has 8 heteroatoms. The quantitative estimate of drug-likeness (QED) is 0.472. The van der Waals surface area contributed by atoms with E-state index in [-0.39, 0.29) is 5.82 Å². The molecule has 3 heterocycles. The van der Waals surface area contributed by atoms with Crippen LogP contribution in [0.5, 0.6) is 0 Å². The maximum absolute atomic E-state index is 14.1. The van der Waals surface area contributed by atoms with Crippen LogP contribution in [-0.2, 0) is 6.54 Å². The number of hydrogen-bond donors (Lipinski definition) is 0. The molecule has 0 radical (unpaired) electrons. The van der Waals surface area contributed by atoms with Gasteiger partial charge in [0.05, 0.1) is 6.67 Å². The van der Waals surface area contributed by atoms with Crippen molar-refractivity contribution >= 4 is 28.5 Å². The standard InChI is InChI=1S/C22H19ClFN5O/c23-17-8-6-15(7-9-17)20-19-21(25-13-26-22(19)30-27-20)29-11-3-10-28(14-29)12-16-4-1-2-5-18(16)24/h1-2,4-9,13H,3,10-12,14H2. The lowest BCUT2D eigenvalue weighted by Gasteiger charge is -2.36. The fraction of sp³-hybridized carbons (Fsp3) is 0.227. The topological polar surface area (TPSA) is 58.3 Å². The normalized spacial score (nSPS) is 15.1. The van der Waals surface area contributed by atoms with Gasteiger partial charge in [-0.3, -0.25) is 4.90 Å². The number of benzene rings is 2. The summed E-state index contributed by atoms with van der Waals surface area (Å²) in [5.41, 5.74) is 2.70. The Labute approximate surface area is 177 Å². The second kappa shape index (κ2) is 8.01. The molecule has 0 spiro atoms. The molecule has 0 amide bonds. The predicted octanol–water partition coefficient (Wildman–Crippen LogP) is 4.75.